The molecule has 1 fully saturated rings. The minimum absolute atomic E-state index is 0.122. The molecule has 0 saturated carbocycles. The highest BCUT2D eigenvalue weighted by molar-refractivity contribution is 6.30. The van der Waals surface area contributed by atoms with Crippen LogP contribution in [-0.4, -0.2) is 26.2 Å². The maximum absolute atomic E-state index is 12.7. The molecule has 0 bridgehead atoms. The first-order valence-corrected chi connectivity index (χ1v) is 6.18. The van der Waals surface area contributed by atoms with Crippen LogP contribution in [0, 0.1) is 0 Å². The fourth-order valence-corrected chi connectivity index (χ4v) is 2.25. The number of nitrogens with zero attached hydrogens (tertiary/aromatic N) is 1. The van der Waals surface area contributed by atoms with Crippen molar-refractivity contribution in [1.29, 1.82) is 0 Å². The van der Waals surface area contributed by atoms with E-state index in [-0.39, 0.29) is 5.02 Å². The monoisotopic (exact) mass is 278 g/mol. The summed E-state index contributed by atoms with van der Waals surface area (Å²) in [5, 5.41) is 3.33. The maximum atomic E-state index is 12.7. The number of rotatable bonds is 1. The fraction of sp³-hybridized carbons (Fsp3) is 0.500. The first-order valence-electron chi connectivity index (χ1n) is 5.80. The van der Waals surface area contributed by atoms with Crippen molar-refractivity contribution < 1.29 is 13.2 Å². The lowest BCUT2D eigenvalue weighted by atomic mass is 10.1. The molecular weight excluding hydrogens is 265 g/mol. The molecule has 1 aliphatic rings. The number of nitrogens with one attached hydrogen (secondary N) is 1. The largest absolute Gasteiger partial charge is 0.416 e. The first-order chi connectivity index (χ1) is 8.47. The van der Waals surface area contributed by atoms with E-state index in [1.165, 1.54) is 0 Å². The second kappa shape index (κ2) is 5.36. The van der Waals surface area contributed by atoms with Crippen molar-refractivity contribution in [2.45, 2.75) is 12.6 Å². The van der Waals surface area contributed by atoms with Crippen LogP contribution in [-0.2, 0) is 6.18 Å². The zero-order valence-electron chi connectivity index (χ0n) is 9.73. The molecule has 1 saturated heterocycles. The molecule has 0 aliphatic carbocycles. The Morgan fingerprint density at radius 3 is 2.61 bits per heavy atom. The van der Waals surface area contributed by atoms with Gasteiger partial charge < -0.3 is 10.2 Å². The smallest absolute Gasteiger partial charge is 0.370 e. The van der Waals surface area contributed by atoms with Gasteiger partial charge in [0.1, 0.15) is 0 Å². The Balaban J connectivity index is 2.29. The van der Waals surface area contributed by atoms with E-state index in [0.29, 0.717) is 12.2 Å². The third-order valence-corrected chi connectivity index (χ3v) is 3.13. The lowest BCUT2D eigenvalue weighted by Gasteiger charge is -2.23. The van der Waals surface area contributed by atoms with Crippen molar-refractivity contribution in [3.05, 3.63) is 28.8 Å². The van der Waals surface area contributed by atoms with E-state index in [0.717, 1.165) is 38.2 Å². The van der Waals surface area contributed by atoms with Crippen LogP contribution in [0.4, 0.5) is 18.9 Å². The van der Waals surface area contributed by atoms with Crippen molar-refractivity contribution in [2.75, 3.05) is 31.1 Å². The number of anilines is 1. The topological polar surface area (TPSA) is 15.3 Å². The quantitative estimate of drug-likeness (QED) is 0.849. The van der Waals surface area contributed by atoms with Gasteiger partial charge in [0.15, 0.2) is 0 Å². The standard InChI is InChI=1S/C12H14ClF3N2/c13-10-6-9(12(14,15)16)7-11(8-10)18-4-1-2-17-3-5-18/h6-8,17H,1-5H2. The third kappa shape index (κ3) is 3.29. The van der Waals surface area contributed by atoms with Crippen molar-refractivity contribution in [3.63, 3.8) is 0 Å². The maximum Gasteiger partial charge on any atom is 0.416 e. The van der Waals surface area contributed by atoms with Crippen LogP contribution in [0.2, 0.25) is 5.02 Å². The average molecular weight is 279 g/mol. The molecule has 0 atom stereocenters. The van der Waals surface area contributed by atoms with Gasteiger partial charge in [0, 0.05) is 30.3 Å². The second-order valence-corrected chi connectivity index (χ2v) is 4.72. The molecule has 1 aliphatic heterocycles. The number of halogens is 4. The van der Waals surface area contributed by atoms with Crippen molar-refractivity contribution in [3.8, 4) is 0 Å². The Labute approximate surface area is 109 Å². The number of benzene rings is 1. The molecule has 18 heavy (non-hydrogen) atoms. The zero-order valence-corrected chi connectivity index (χ0v) is 10.5. The van der Waals surface area contributed by atoms with Crippen LogP contribution in [0.15, 0.2) is 18.2 Å². The summed E-state index contributed by atoms with van der Waals surface area (Å²) in [5.74, 6) is 0. The van der Waals surface area contributed by atoms with Crippen molar-refractivity contribution >= 4 is 17.3 Å². The molecule has 1 N–H and O–H groups in total. The molecule has 1 aromatic carbocycles. The first kappa shape index (κ1) is 13.5. The minimum atomic E-state index is -4.36. The van der Waals surface area contributed by atoms with Gasteiger partial charge in [0.2, 0.25) is 0 Å². The van der Waals surface area contributed by atoms with E-state index in [4.69, 9.17) is 11.6 Å². The van der Waals surface area contributed by atoms with Gasteiger partial charge in [-0.05, 0) is 31.2 Å². The Bertz CT molecular complexity index is 412. The van der Waals surface area contributed by atoms with Crippen LogP contribution in [0.3, 0.4) is 0 Å². The summed E-state index contributed by atoms with van der Waals surface area (Å²) in [4.78, 5) is 1.93. The van der Waals surface area contributed by atoms with Crippen LogP contribution in [0.25, 0.3) is 0 Å². The fourth-order valence-electron chi connectivity index (χ4n) is 2.02. The van der Waals surface area contributed by atoms with Crippen molar-refractivity contribution in [2.24, 2.45) is 0 Å². The van der Waals surface area contributed by atoms with Gasteiger partial charge in [-0.25, -0.2) is 0 Å². The van der Waals surface area contributed by atoms with E-state index < -0.39 is 11.7 Å². The van der Waals surface area contributed by atoms with Gasteiger partial charge in [-0.2, -0.15) is 13.2 Å². The predicted molar refractivity (Wildman–Crippen MR) is 66.2 cm³/mol. The number of alkyl halides is 3. The van der Waals surface area contributed by atoms with Crippen molar-refractivity contribution in [1.82, 2.24) is 5.32 Å². The molecule has 0 radical (unpaired) electrons. The minimum Gasteiger partial charge on any atom is -0.370 e. The van der Waals surface area contributed by atoms with E-state index >= 15 is 0 Å². The second-order valence-electron chi connectivity index (χ2n) is 4.29. The summed E-state index contributed by atoms with van der Waals surface area (Å²) in [6, 6.07) is 3.71. The summed E-state index contributed by atoms with van der Waals surface area (Å²) >= 11 is 5.77. The highest BCUT2D eigenvalue weighted by Crippen LogP contribution is 2.34. The molecule has 0 aromatic heterocycles. The molecule has 0 amide bonds. The molecule has 1 aromatic rings. The average Bonchev–Trinajstić information content (AvgIpc) is 2.55. The van der Waals surface area contributed by atoms with E-state index in [2.05, 4.69) is 5.32 Å². The number of hydrogen-bond acceptors (Lipinski definition) is 2. The summed E-state index contributed by atoms with van der Waals surface area (Å²) in [6.07, 6.45) is -3.45. The molecule has 2 nitrogen and oxygen atoms in total. The SMILES string of the molecule is FC(F)(F)c1cc(Cl)cc(N2CCCNCC2)c1. The predicted octanol–water partition coefficient (Wildman–Crippen LogP) is 3.16. The van der Waals surface area contributed by atoms with Gasteiger partial charge in [-0.1, -0.05) is 11.6 Å². The molecule has 1 heterocycles. The van der Waals surface area contributed by atoms with Gasteiger partial charge in [-0.15, -0.1) is 0 Å². The summed E-state index contributed by atoms with van der Waals surface area (Å²) in [7, 11) is 0. The van der Waals surface area contributed by atoms with Gasteiger partial charge in [0.25, 0.3) is 0 Å². The summed E-state index contributed by atoms with van der Waals surface area (Å²) in [6.45, 7) is 3.10. The Kier molecular flexibility index (Phi) is 4.02. The molecule has 2 rings (SSSR count). The molecule has 6 heteroatoms. The Morgan fingerprint density at radius 2 is 1.89 bits per heavy atom. The van der Waals surface area contributed by atoms with E-state index in [1.807, 2.05) is 4.90 Å². The van der Waals surface area contributed by atoms with E-state index in [1.54, 1.807) is 6.07 Å². The number of hydrogen-bond donors (Lipinski definition) is 1. The Morgan fingerprint density at radius 1 is 1.11 bits per heavy atom. The van der Waals surface area contributed by atoms with Crippen LogP contribution < -0.4 is 10.2 Å². The molecule has 0 unspecified atom stereocenters. The third-order valence-electron chi connectivity index (χ3n) is 2.92. The van der Waals surface area contributed by atoms with Gasteiger partial charge in [0.05, 0.1) is 5.56 Å². The van der Waals surface area contributed by atoms with Crippen LogP contribution in [0.5, 0.6) is 0 Å². The summed E-state index contributed by atoms with van der Waals surface area (Å²) in [5.41, 5.74) is -0.152. The van der Waals surface area contributed by atoms with Gasteiger partial charge >= 0.3 is 6.18 Å². The summed E-state index contributed by atoms with van der Waals surface area (Å²) < 4.78 is 38.1. The molecular formula is C12H14ClF3N2. The molecule has 100 valence electrons. The highest BCUT2D eigenvalue weighted by atomic mass is 35.5. The lowest BCUT2D eigenvalue weighted by molar-refractivity contribution is -0.137. The Hall–Kier alpha value is -0.940. The molecule has 0 spiro atoms. The highest BCUT2D eigenvalue weighted by Gasteiger charge is 2.31. The van der Waals surface area contributed by atoms with Crippen LogP contribution >= 0.6 is 11.6 Å². The van der Waals surface area contributed by atoms with Gasteiger partial charge in [-0.3, -0.25) is 0 Å². The lowest BCUT2D eigenvalue weighted by Crippen LogP contribution is -2.28. The van der Waals surface area contributed by atoms with Crippen LogP contribution in [0.1, 0.15) is 12.0 Å². The van der Waals surface area contributed by atoms with E-state index in [9.17, 15) is 13.2 Å². The normalized spacial score (nSPS) is 17.7. The zero-order chi connectivity index (χ0) is 13.2.